The molecule has 3 rings (SSSR count). The highest BCUT2D eigenvalue weighted by atomic mass is 32.2. The molecule has 6 nitrogen and oxygen atoms in total. The molecule has 0 saturated carbocycles. The Morgan fingerprint density at radius 2 is 1.97 bits per heavy atom. The van der Waals surface area contributed by atoms with Crippen molar-refractivity contribution in [3.63, 3.8) is 0 Å². The van der Waals surface area contributed by atoms with Gasteiger partial charge in [0.15, 0.2) is 18.1 Å². The lowest BCUT2D eigenvalue weighted by Gasteiger charge is -2.13. The molecule has 168 valence electrons. The number of hydrogen-bond donors (Lipinski definition) is 1. The highest BCUT2D eigenvalue weighted by Gasteiger charge is 2.31. The molecule has 1 aliphatic heterocycles. The van der Waals surface area contributed by atoms with Crippen molar-refractivity contribution in [2.75, 3.05) is 25.1 Å². The molecule has 0 bridgehead atoms. The van der Waals surface area contributed by atoms with Crippen LogP contribution in [0.25, 0.3) is 6.08 Å². The molecule has 2 amide bonds. The van der Waals surface area contributed by atoms with Gasteiger partial charge in [0.1, 0.15) is 4.32 Å². The fourth-order valence-corrected chi connectivity index (χ4v) is 4.44. The monoisotopic (exact) mass is 470 g/mol. The molecule has 0 radical (unpaired) electrons. The highest BCUT2D eigenvalue weighted by Crippen LogP contribution is 2.35. The van der Waals surface area contributed by atoms with Crippen molar-refractivity contribution < 1.29 is 19.1 Å². The Hall–Kier alpha value is -2.84. The van der Waals surface area contributed by atoms with E-state index in [4.69, 9.17) is 21.7 Å². The summed E-state index contributed by atoms with van der Waals surface area (Å²) in [6, 6.07) is 12.9. The van der Waals surface area contributed by atoms with Crippen LogP contribution in [0.5, 0.6) is 11.5 Å². The molecule has 1 fully saturated rings. The van der Waals surface area contributed by atoms with Gasteiger partial charge in [-0.05, 0) is 61.7 Å². The quantitative estimate of drug-likeness (QED) is 0.410. The Kier molecular flexibility index (Phi) is 8.30. The van der Waals surface area contributed by atoms with Crippen molar-refractivity contribution in [1.29, 1.82) is 0 Å². The van der Waals surface area contributed by atoms with Gasteiger partial charge in [-0.15, -0.1) is 0 Å². The predicted octanol–water partition coefficient (Wildman–Crippen LogP) is 5.02. The number of carbonyl (C=O) groups is 2. The normalized spacial score (nSPS) is 14.7. The molecular weight excluding hydrogens is 444 g/mol. The zero-order valence-electron chi connectivity index (χ0n) is 18.3. The predicted molar refractivity (Wildman–Crippen MR) is 133 cm³/mol. The van der Waals surface area contributed by atoms with E-state index in [0.717, 1.165) is 23.2 Å². The third-order valence-electron chi connectivity index (χ3n) is 4.55. The number of nitrogens with one attached hydrogen (secondary N) is 1. The molecule has 2 aromatic carbocycles. The Bertz CT molecular complexity index is 1050. The fraction of sp³-hybridized carbons (Fsp3) is 0.292. The molecule has 8 heteroatoms. The topological polar surface area (TPSA) is 67.9 Å². The molecule has 0 unspecified atom stereocenters. The minimum Gasteiger partial charge on any atom is -0.490 e. The Morgan fingerprint density at radius 3 is 2.69 bits per heavy atom. The SMILES string of the molecule is CCCN1C(=O)/C(=C/c2ccc(OCC(=O)Nc3cccc(C)c3)c(OCC)c2)SC1=S. The minimum absolute atomic E-state index is 0.0760. The molecule has 0 aromatic heterocycles. The van der Waals surface area contributed by atoms with E-state index < -0.39 is 0 Å². The minimum atomic E-state index is -0.262. The Morgan fingerprint density at radius 1 is 1.16 bits per heavy atom. The average Bonchev–Trinajstić information content (AvgIpc) is 3.01. The fourth-order valence-electron chi connectivity index (χ4n) is 3.13. The van der Waals surface area contributed by atoms with Gasteiger partial charge < -0.3 is 14.8 Å². The molecule has 2 aromatic rings. The van der Waals surface area contributed by atoms with Crippen LogP contribution in [0.15, 0.2) is 47.4 Å². The van der Waals surface area contributed by atoms with Gasteiger partial charge in [-0.3, -0.25) is 14.5 Å². The van der Waals surface area contributed by atoms with Crippen LogP contribution in [0, 0.1) is 6.92 Å². The first-order valence-corrected chi connectivity index (χ1v) is 11.6. The maximum absolute atomic E-state index is 12.6. The molecular formula is C24H26N2O4S2. The lowest BCUT2D eigenvalue weighted by Crippen LogP contribution is -2.28. The summed E-state index contributed by atoms with van der Waals surface area (Å²) in [5, 5.41) is 2.82. The third-order valence-corrected chi connectivity index (χ3v) is 5.92. The lowest BCUT2D eigenvalue weighted by atomic mass is 10.2. The summed E-state index contributed by atoms with van der Waals surface area (Å²) >= 11 is 6.62. The number of ether oxygens (including phenoxy) is 2. The van der Waals surface area contributed by atoms with Crippen molar-refractivity contribution in [2.45, 2.75) is 27.2 Å². The van der Waals surface area contributed by atoms with Crippen molar-refractivity contribution in [1.82, 2.24) is 4.90 Å². The van der Waals surface area contributed by atoms with Crippen LogP contribution in [0.3, 0.4) is 0 Å². The van der Waals surface area contributed by atoms with Crippen molar-refractivity contribution in [3.8, 4) is 11.5 Å². The second-order valence-electron chi connectivity index (χ2n) is 7.18. The number of carbonyl (C=O) groups excluding carboxylic acids is 2. The van der Waals surface area contributed by atoms with E-state index in [9.17, 15) is 9.59 Å². The largest absolute Gasteiger partial charge is 0.490 e. The summed E-state index contributed by atoms with van der Waals surface area (Å²) in [6.45, 7) is 6.75. The lowest BCUT2D eigenvalue weighted by molar-refractivity contribution is -0.122. The van der Waals surface area contributed by atoms with Gasteiger partial charge in [0, 0.05) is 12.2 Å². The summed E-state index contributed by atoms with van der Waals surface area (Å²) in [5.74, 6) is 0.630. The first-order chi connectivity index (χ1) is 15.4. The number of aryl methyl sites for hydroxylation is 1. The Labute approximate surface area is 198 Å². The maximum atomic E-state index is 12.6. The van der Waals surface area contributed by atoms with E-state index >= 15 is 0 Å². The number of amides is 2. The molecule has 1 N–H and O–H groups in total. The van der Waals surface area contributed by atoms with Gasteiger partial charge in [-0.2, -0.15) is 0 Å². The summed E-state index contributed by atoms with van der Waals surface area (Å²) < 4.78 is 12.0. The second-order valence-corrected chi connectivity index (χ2v) is 8.85. The van der Waals surface area contributed by atoms with E-state index in [1.807, 2.05) is 51.1 Å². The van der Waals surface area contributed by atoms with Gasteiger partial charge in [-0.1, -0.05) is 49.1 Å². The van der Waals surface area contributed by atoms with E-state index in [-0.39, 0.29) is 18.4 Å². The molecule has 32 heavy (non-hydrogen) atoms. The van der Waals surface area contributed by atoms with Gasteiger partial charge in [0.2, 0.25) is 0 Å². The molecule has 1 aliphatic rings. The first kappa shape index (κ1) is 23.8. The number of benzene rings is 2. The van der Waals surface area contributed by atoms with E-state index in [0.29, 0.717) is 33.9 Å². The van der Waals surface area contributed by atoms with Crippen LogP contribution < -0.4 is 14.8 Å². The van der Waals surface area contributed by atoms with Crippen LogP contribution >= 0.6 is 24.0 Å². The van der Waals surface area contributed by atoms with Gasteiger partial charge in [-0.25, -0.2) is 0 Å². The van der Waals surface area contributed by atoms with E-state index in [2.05, 4.69) is 5.32 Å². The molecule has 0 aliphatic carbocycles. The zero-order chi connectivity index (χ0) is 23.1. The van der Waals surface area contributed by atoms with E-state index in [1.165, 1.54) is 11.8 Å². The smallest absolute Gasteiger partial charge is 0.266 e. The van der Waals surface area contributed by atoms with Crippen LogP contribution in [-0.4, -0.2) is 40.8 Å². The van der Waals surface area contributed by atoms with Gasteiger partial charge in [0.05, 0.1) is 11.5 Å². The van der Waals surface area contributed by atoms with Gasteiger partial charge >= 0.3 is 0 Å². The first-order valence-electron chi connectivity index (χ1n) is 10.4. The van der Waals surface area contributed by atoms with Crippen LogP contribution in [0.1, 0.15) is 31.4 Å². The zero-order valence-corrected chi connectivity index (χ0v) is 20.0. The molecule has 1 heterocycles. The third kappa shape index (κ3) is 6.11. The van der Waals surface area contributed by atoms with Crippen molar-refractivity contribution in [3.05, 3.63) is 58.5 Å². The summed E-state index contributed by atoms with van der Waals surface area (Å²) in [5.41, 5.74) is 2.57. The van der Waals surface area contributed by atoms with Crippen molar-refractivity contribution in [2.24, 2.45) is 0 Å². The van der Waals surface area contributed by atoms with Crippen LogP contribution in [0.2, 0.25) is 0 Å². The number of thiocarbonyl (C=S) groups is 1. The second kappa shape index (κ2) is 11.2. The Balaban J connectivity index is 1.70. The summed E-state index contributed by atoms with van der Waals surface area (Å²) in [4.78, 5) is 27.1. The summed E-state index contributed by atoms with van der Waals surface area (Å²) in [6.07, 6.45) is 2.64. The average molecular weight is 471 g/mol. The molecule has 0 atom stereocenters. The van der Waals surface area contributed by atoms with E-state index in [1.54, 1.807) is 23.1 Å². The van der Waals surface area contributed by atoms with Gasteiger partial charge in [0.25, 0.3) is 11.8 Å². The molecule has 0 spiro atoms. The number of anilines is 1. The number of hydrogen-bond acceptors (Lipinski definition) is 6. The number of rotatable bonds is 9. The highest BCUT2D eigenvalue weighted by molar-refractivity contribution is 8.26. The number of nitrogens with zero attached hydrogens (tertiary/aromatic N) is 1. The van der Waals surface area contributed by atoms with Crippen LogP contribution in [-0.2, 0) is 9.59 Å². The van der Waals surface area contributed by atoms with Crippen molar-refractivity contribution >= 4 is 51.9 Å². The number of thioether (sulfide) groups is 1. The standard InChI is InChI=1S/C24H26N2O4S2/c1-4-11-26-23(28)21(32-24(26)31)14-17-9-10-19(20(13-17)29-5-2)30-15-22(27)25-18-8-6-7-16(3)12-18/h6-10,12-14H,4-5,11,15H2,1-3H3,(H,25,27)/b21-14-. The molecule has 1 saturated heterocycles. The summed E-state index contributed by atoms with van der Waals surface area (Å²) in [7, 11) is 0. The van der Waals surface area contributed by atoms with Crippen LogP contribution in [0.4, 0.5) is 5.69 Å². The maximum Gasteiger partial charge on any atom is 0.266 e.